The number of nitriles is 2. The summed E-state index contributed by atoms with van der Waals surface area (Å²) in [7, 11) is 0. The lowest BCUT2D eigenvalue weighted by atomic mass is 9.96. The van der Waals surface area contributed by atoms with Gasteiger partial charge in [-0.3, -0.25) is 0 Å². The minimum absolute atomic E-state index is 0.0522. The molecule has 0 aliphatic heterocycles. The Morgan fingerprint density at radius 2 is 1.75 bits per heavy atom. The van der Waals surface area contributed by atoms with Gasteiger partial charge in [0.25, 0.3) is 0 Å². The molecule has 0 aliphatic carbocycles. The van der Waals surface area contributed by atoms with Crippen LogP contribution in [0.1, 0.15) is 36.9 Å². The van der Waals surface area contributed by atoms with Gasteiger partial charge >= 0.3 is 0 Å². The Labute approximate surface area is 169 Å². The summed E-state index contributed by atoms with van der Waals surface area (Å²) in [5, 5.41) is 18.1. The number of anilines is 1. The van der Waals surface area contributed by atoms with Crippen LogP contribution in [0.4, 0.5) is 5.95 Å². The van der Waals surface area contributed by atoms with Crippen molar-refractivity contribution >= 4 is 17.3 Å². The molecule has 0 unspecified atom stereocenters. The molecule has 28 heavy (non-hydrogen) atoms. The van der Waals surface area contributed by atoms with E-state index in [1.54, 1.807) is 12.3 Å². The van der Waals surface area contributed by atoms with E-state index < -0.39 is 0 Å². The molecule has 0 saturated heterocycles. The van der Waals surface area contributed by atoms with Gasteiger partial charge in [0.1, 0.15) is 22.7 Å². The Bertz CT molecular complexity index is 1030. The molecule has 2 heterocycles. The van der Waals surface area contributed by atoms with Crippen molar-refractivity contribution in [2.24, 2.45) is 5.41 Å². The minimum Gasteiger partial charge on any atom is -0.336 e. The van der Waals surface area contributed by atoms with E-state index in [1.165, 1.54) is 11.3 Å². The highest BCUT2D eigenvalue weighted by Crippen LogP contribution is 2.28. The van der Waals surface area contributed by atoms with Crippen LogP contribution in [0, 0.1) is 28.1 Å². The monoisotopic (exact) mass is 387 g/mol. The second kappa shape index (κ2) is 8.21. The third-order valence-corrected chi connectivity index (χ3v) is 5.07. The molecule has 0 radical (unpaired) electrons. The molecule has 3 aromatic rings. The molecule has 5 nitrogen and oxygen atoms in total. The molecule has 0 bridgehead atoms. The highest BCUT2D eigenvalue weighted by Gasteiger charge is 2.19. The fourth-order valence-corrected chi connectivity index (χ4v) is 3.69. The number of hydrogen-bond acceptors (Lipinski definition) is 6. The van der Waals surface area contributed by atoms with Gasteiger partial charge in [-0.15, -0.1) is 11.3 Å². The normalized spacial score (nSPS) is 10.9. The van der Waals surface area contributed by atoms with Crippen LogP contribution >= 0.6 is 11.3 Å². The van der Waals surface area contributed by atoms with Crippen molar-refractivity contribution in [2.45, 2.75) is 27.3 Å². The Kier molecular flexibility index (Phi) is 5.73. The summed E-state index contributed by atoms with van der Waals surface area (Å²) in [6.07, 6.45) is 1.63. The minimum atomic E-state index is 0.0522. The van der Waals surface area contributed by atoms with Gasteiger partial charge in [-0.2, -0.15) is 10.5 Å². The number of benzene rings is 1. The van der Waals surface area contributed by atoms with Crippen molar-refractivity contribution in [1.82, 2.24) is 9.97 Å². The van der Waals surface area contributed by atoms with E-state index in [0.717, 1.165) is 22.5 Å². The fourth-order valence-electron chi connectivity index (χ4n) is 2.88. The maximum atomic E-state index is 9.15. The van der Waals surface area contributed by atoms with Crippen LogP contribution in [-0.2, 0) is 6.54 Å². The highest BCUT2D eigenvalue weighted by atomic mass is 32.1. The molecule has 0 amide bonds. The summed E-state index contributed by atoms with van der Waals surface area (Å²) in [6.45, 7) is 7.92. The van der Waals surface area contributed by atoms with Gasteiger partial charge in [-0.25, -0.2) is 9.97 Å². The highest BCUT2D eigenvalue weighted by molar-refractivity contribution is 7.16. The first-order valence-electron chi connectivity index (χ1n) is 8.95. The standard InChI is InChI=1S/C22H21N5S/c1-22(2,3)15-27(21-25-11-10-18(12-23)26-21)14-16-4-6-17(7-5-16)20-9-8-19(13-24)28-20/h4-11H,14-15H2,1-3H3. The first-order valence-corrected chi connectivity index (χ1v) is 9.77. The Morgan fingerprint density at radius 1 is 1.00 bits per heavy atom. The molecule has 0 atom stereocenters. The fraction of sp³-hybridized carbons (Fsp3) is 0.273. The Morgan fingerprint density at radius 3 is 2.36 bits per heavy atom. The van der Waals surface area contributed by atoms with Gasteiger partial charge in [0.05, 0.1) is 0 Å². The van der Waals surface area contributed by atoms with Gasteiger partial charge in [-0.05, 0) is 34.7 Å². The molecule has 0 fully saturated rings. The van der Waals surface area contributed by atoms with Crippen molar-refractivity contribution in [2.75, 3.05) is 11.4 Å². The predicted molar refractivity (Wildman–Crippen MR) is 112 cm³/mol. The molecule has 0 spiro atoms. The van der Waals surface area contributed by atoms with Gasteiger partial charge in [-0.1, -0.05) is 45.0 Å². The topological polar surface area (TPSA) is 76.6 Å². The third kappa shape index (κ3) is 4.94. The van der Waals surface area contributed by atoms with Crippen LogP contribution in [0.25, 0.3) is 10.4 Å². The van der Waals surface area contributed by atoms with E-state index in [1.807, 2.05) is 12.1 Å². The maximum Gasteiger partial charge on any atom is 0.226 e. The van der Waals surface area contributed by atoms with Crippen LogP contribution in [-0.4, -0.2) is 16.5 Å². The van der Waals surface area contributed by atoms with Crippen molar-refractivity contribution in [1.29, 1.82) is 10.5 Å². The van der Waals surface area contributed by atoms with Crippen LogP contribution < -0.4 is 4.90 Å². The lowest BCUT2D eigenvalue weighted by Gasteiger charge is -2.30. The molecular formula is C22H21N5S. The summed E-state index contributed by atoms with van der Waals surface area (Å²) in [4.78, 5) is 12.7. The Balaban J connectivity index is 1.84. The lowest BCUT2D eigenvalue weighted by molar-refractivity contribution is 0.406. The summed E-state index contributed by atoms with van der Waals surface area (Å²) in [5.41, 5.74) is 2.65. The summed E-state index contributed by atoms with van der Waals surface area (Å²) in [6, 6.07) is 18.0. The molecule has 3 rings (SSSR count). The summed E-state index contributed by atoms with van der Waals surface area (Å²) < 4.78 is 0. The number of aromatic nitrogens is 2. The third-order valence-electron chi connectivity index (χ3n) is 4.03. The van der Waals surface area contributed by atoms with Crippen molar-refractivity contribution < 1.29 is 0 Å². The second-order valence-corrected chi connectivity index (χ2v) is 8.83. The largest absolute Gasteiger partial charge is 0.336 e. The van der Waals surface area contributed by atoms with Crippen molar-refractivity contribution in [3.05, 3.63) is 64.8 Å². The quantitative estimate of drug-likeness (QED) is 0.615. The molecular weight excluding hydrogens is 366 g/mol. The molecule has 0 saturated carbocycles. The van der Waals surface area contributed by atoms with E-state index in [9.17, 15) is 0 Å². The van der Waals surface area contributed by atoms with Gasteiger partial charge in [0.15, 0.2) is 0 Å². The van der Waals surface area contributed by atoms with Crippen LogP contribution in [0.2, 0.25) is 0 Å². The van der Waals surface area contributed by atoms with Gasteiger partial charge in [0, 0.05) is 24.2 Å². The van der Waals surface area contributed by atoms with Crippen molar-refractivity contribution in [3.8, 4) is 22.6 Å². The SMILES string of the molecule is CC(C)(C)CN(Cc1ccc(-c2ccc(C#N)s2)cc1)c1nccc(C#N)n1. The van der Waals surface area contributed by atoms with E-state index in [4.69, 9.17) is 10.5 Å². The average molecular weight is 388 g/mol. The van der Waals surface area contributed by atoms with Crippen molar-refractivity contribution in [3.63, 3.8) is 0 Å². The van der Waals surface area contributed by atoms with E-state index in [0.29, 0.717) is 23.1 Å². The maximum absolute atomic E-state index is 9.15. The van der Waals surface area contributed by atoms with E-state index in [2.05, 4.69) is 72.0 Å². The summed E-state index contributed by atoms with van der Waals surface area (Å²) >= 11 is 1.49. The molecule has 1 aromatic carbocycles. The molecule has 0 N–H and O–H groups in total. The average Bonchev–Trinajstić information content (AvgIpc) is 3.16. The first kappa shape index (κ1) is 19.5. The number of hydrogen-bond donors (Lipinski definition) is 0. The van der Waals surface area contributed by atoms with Crippen LogP contribution in [0.15, 0.2) is 48.7 Å². The Hall–Kier alpha value is -3.22. The zero-order valence-corrected chi connectivity index (χ0v) is 17.0. The van der Waals surface area contributed by atoms with E-state index >= 15 is 0 Å². The molecule has 0 aliphatic rings. The van der Waals surface area contributed by atoms with E-state index in [-0.39, 0.29) is 5.41 Å². The van der Waals surface area contributed by atoms with Crippen LogP contribution in [0.3, 0.4) is 0 Å². The van der Waals surface area contributed by atoms with Gasteiger partial charge < -0.3 is 4.90 Å². The van der Waals surface area contributed by atoms with Crippen LogP contribution in [0.5, 0.6) is 0 Å². The predicted octanol–water partition coefficient (Wildman–Crippen LogP) is 5.00. The molecule has 140 valence electrons. The zero-order valence-electron chi connectivity index (χ0n) is 16.2. The molecule has 6 heteroatoms. The zero-order chi connectivity index (χ0) is 20.1. The lowest BCUT2D eigenvalue weighted by Crippen LogP contribution is -2.33. The summed E-state index contributed by atoms with van der Waals surface area (Å²) in [5.74, 6) is 0.565. The number of rotatable bonds is 5. The smallest absolute Gasteiger partial charge is 0.226 e. The second-order valence-electron chi connectivity index (χ2n) is 7.74. The van der Waals surface area contributed by atoms with Gasteiger partial charge in [0.2, 0.25) is 5.95 Å². The number of thiophene rings is 1. The first-order chi connectivity index (χ1) is 13.4. The number of nitrogens with zero attached hydrogens (tertiary/aromatic N) is 5. The molecule has 2 aromatic heterocycles.